The zero-order valence-electron chi connectivity index (χ0n) is 7.07. The highest BCUT2D eigenvalue weighted by Gasteiger charge is 2.02. The van der Waals surface area contributed by atoms with Crippen LogP contribution in [0.1, 0.15) is 5.56 Å². The molecule has 1 nitrogen and oxygen atoms in total. The number of phenols is 1. The van der Waals surface area contributed by atoms with Crippen LogP contribution < -0.4 is 0 Å². The lowest BCUT2D eigenvalue weighted by atomic mass is 10.1. The van der Waals surface area contributed by atoms with E-state index in [-0.39, 0.29) is 0 Å². The molecule has 0 aromatic heterocycles. The van der Waals surface area contributed by atoms with Crippen molar-refractivity contribution >= 4 is 23.4 Å². The minimum atomic E-state index is 0.334. The molecule has 0 atom stereocenters. The Kier molecular flexibility index (Phi) is 2.15. The van der Waals surface area contributed by atoms with Crippen molar-refractivity contribution in [3.05, 3.63) is 42.0 Å². The first-order chi connectivity index (χ1) is 6.33. The monoisotopic (exact) mass is 190 g/mol. The van der Waals surface area contributed by atoms with Gasteiger partial charge >= 0.3 is 0 Å². The lowest BCUT2D eigenvalue weighted by Gasteiger charge is -2.04. The molecule has 13 heavy (non-hydrogen) atoms. The molecule has 0 radical (unpaired) electrons. The third-order valence-corrected chi connectivity index (χ3v) is 2.50. The summed E-state index contributed by atoms with van der Waals surface area (Å²) >= 11 is 4.24. The van der Waals surface area contributed by atoms with E-state index >= 15 is 0 Å². The Balaban J connectivity index is 2.84. The van der Waals surface area contributed by atoms with Crippen molar-refractivity contribution in [2.45, 2.75) is 5.75 Å². The van der Waals surface area contributed by atoms with E-state index in [2.05, 4.69) is 12.6 Å². The Morgan fingerprint density at radius 3 is 2.38 bits per heavy atom. The van der Waals surface area contributed by atoms with Crippen molar-refractivity contribution in [1.82, 2.24) is 0 Å². The van der Waals surface area contributed by atoms with Gasteiger partial charge in [0.1, 0.15) is 5.75 Å². The standard InChI is InChI=1S/C11H10OS/c12-11-6-5-8(7-13)9-3-1-2-4-10(9)11/h1-6,12-13H,7H2. The molecule has 66 valence electrons. The summed E-state index contributed by atoms with van der Waals surface area (Å²) in [5, 5.41) is 11.5. The van der Waals surface area contributed by atoms with E-state index in [1.807, 2.05) is 30.3 Å². The van der Waals surface area contributed by atoms with Gasteiger partial charge in [-0.15, -0.1) is 0 Å². The smallest absolute Gasteiger partial charge is 0.123 e. The van der Waals surface area contributed by atoms with Crippen LogP contribution in [0.25, 0.3) is 10.8 Å². The Bertz CT molecular complexity index is 437. The van der Waals surface area contributed by atoms with Gasteiger partial charge < -0.3 is 5.11 Å². The molecule has 0 bridgehead atoms. The second-order valence-electron chi connectivity index (χ2n) is 2.95. The summed E-state index contributed by atoms with van der Waals surface area (Å²) in [6.07, 6.45) is 0. The second-order valence-corrected chi connectivity index (χ2v) is 3.26. The zero-order chi connectivity index (χ0) is 9.26. The van der Waals surface area contributed by atoms with Crippen LogP contribution in [-0.2, 0) is 5.75 Å². The van der Waals surface area contributed by atoms with Crippen LogP contribution in [0.3, 0.4) is 0 Å². The maximum Gasteiger partial charge on any atom is 0.123 e. The van der Waals surface area contributed by atoms with Gasteiger partial charge in [-0.1, -0.05) is 30.3 Å². The van der Waals surface area contributed by atoms with E-state index < -0.39 is 0 Å². The molecule has 0 amide bonds. The largest absolute Gasteiger partial charge is 0.507 e. The van der Waals surface area contributed by atoms with Gasteiger partial charge in [0.05, 0.1) is 0 Å². The fourth-order valence-electron chi connectivity index (χ4n) is 1.48. The molecule has 0 aliphatic rings. The number of phenolic OH excluding ortho intramolecular Hbond substituents is 1. The summed E-state index contributed by atoms with van der Waals surface area (Å²) < 4.78 is 0. The minimum Gasteiger partial charge on any atom is -0.507 e. The summed E-state index contributed by atoms with van der Waals surface area (Å²) in [5.41, 5.74) is 1.15. The topological polar surface area (TPSA) is 20.2 Å². The van der Waals surface area contributed by atoms with E-state index in [9.17, 15) is 5.11 Å². The normalized spacial score (nSPS) is 10.5. The molecule has 0 saturated heterocycles. The maximum atomic E-state index is 9.57. The maximum absolute atomic E-state index is 9.57. The summed E-state index contributed by atoms with van der Waals surface area (Å²) in [6.45, 7) is 0. The molecule has 2 heteroatoms. The van der Waals surface area contributed by atoms with Crippen LogP contribution in [0.15, 0.2) is 36.4 Å². The molecular formula is C11H10OS. The van der Waals surface area contributed by atoms with Crippen molar-refractivity contribution in [2.75, 3.05) is 0 Å². The van der Waals surface area contributed by atoms with Crippen LogP contribution >= 0.6 is 12.6 Å². The minimum absolute atomic E-state index is 0.334. The van der Waals surface area contributed by atoms with Gasteiger partial charge in [0.15, 0.2) is 0 Å². The van der Waals surface area contributed by atoms with Crippen LogP contribution in [0, 0.1) is 0 Å². The molecule has 0 aliphatic heterocycles. The van der Waals surface area contributed by atoms with Crippen LogP contribution in [0.4, 0.5) is 0 Å². The first-order valence-electron chi connectivity index (χ1n) is 4.13. The average Bonchev–Trinajstić information content (AvgIpc) is 2.19. The summed E-state index contributed by atoms with van der Waals surface area (Å²) in [7, 11) is 0. The molecule has 2 rings (SSSR count). The Morgan fingerprint density at radius 1 is 1.00 bits per heavy atom. The third-order valence-electron chi connectivity index (χ3n) is 2.16. The van der Waals surface area contributed by atoms with E-state index in [0.29, 0.717) is 11.5 Å². The number of thiol groups is 1. The van der Waals surface area contributed by atoms with Crippen LogP contribution in [-0.4, -0.2) is 5.11 Å². The Hall–Kier alpha value is -1.15. The van der Waals surface area contributed by atoms with Crippen molar-refractivity contribution in [3.8, 4) is 5.75 Å². The van der Waals surface area contributed by atoms with Crippen LogP contribution in [0.5, 0.6) is 5.75 Å². The van der Waals surface area contributed by atoms with E-state index in [4.69, 9.17) is 0 Å². The fourth-order valence-corrected chi connectivity index (χ4v) is 1.76. The molecule has 0 aliphatic carbocycles. The predicted octanol–water partition coefficient (Wildman–Crippen LogP) is 2.98. The molecule has 1 N–H and O–H groups in total. The fraction of sp³-hybridized carbons (Fsp3) is 0.0909. The molecule has 0 saturated carbocycles. The number of hydrogen-bond acceptors (Lipinski definition) is 2. The zero-order valence-corrected chi connectivity index (χ0v) is 7.96. The lowest BCUT2D eigenvalue weighted by molar-refractivity contribution is 0.481. The molecule has 0 heterocycles. The van der Waals surface area contributed by atoms with Gasteiger partial charge in [-0.2, -0.15) is 12.6 Å². The molecule has 0 spiro atoms. The van der Waals surface area contributed by atoms with Gasteiger partial charge in [-0.25, -0.2) is 0 Å². The highest BCUT2D eigenvalue weighted by atomic mass is 32.1. The van der Waals surface area contributed by atoms with Crippen molar-refractivity contribution in [1.29, 1.82) is 0 Å². The summed E-state index contributed by atoms with van der Waals surface area (Å²) in [4.78, 5) is 0. The molecular weight excluding hydrogens is 180 g/mol. The number of fused-ring (bicyclic) bond motifs is 1. The van der Waals surface area contributed by atoms with Gasteiger partial charge in [0, 0.05) is 11.1 Å². The first kappa shape index (κ1) is 8.45. The van der Waals surface area contributed by atoms with E-state index in [0.717, 1.165) is 16.3 Å². The van der Waals surface area contributed by atoms with E-state index in [1.165, 1.54) is 0 Å². The average molecular weight is 190 g/mol. The highest BCUT2D eigenvalue weighted by molar-refractivity contribution is 7.79. The first-order valence-corrected chi connectivity index (χ1v) is 4.76. The predicted molar refractivity (Wildman–Crippen MR) is 58.3 cm³/mol. The molecule has 0 unspecified atom stereocenters. The molecule has 0 fully saturated rings. The van der Waals surface area contributed by atoms with Crippen molar-refractivity contribution in [2.24, 2.45) is 0 Å². The highest BCUT2D eigenvalue weighted by Crippen LogP contribution is 2.27. The summed E-state index contributed by atoms with van der Waals surface area (Å²) in [6, 6.07) is 11.4. The number of rotatable bonds is 1. The number of hydrogen-bond donors (Lipinski definition) is 2. The lowest BCUT2D eigenvalue weighted by Crippen LogP contribution is -1.81. The molecule has 2 aromatic carbocycles. The Labute approximate surface area is 82.4 Å². The van der Waals surface area contributed by atoms with Crippen LogP contribution in [0.2, 0.25) is 0 Å². The van der Waals surface area contributed by atoms with Crippen molar-refractivity contribution in [3.63, 3.8) is 0 Å². The number of aromatic hydroxyl groups is 1. The van der Waals surface area contributed by atoms with Gasteiger partial charge in [0.2, 0.25) is 0 Å². The second kappa shape index (κ2) is 3.30. The number of benzene rings is 2. The van der Waals surface area contributed by atoms with E-state index in [1.54, 1.807) is 6.07 Å². The Morgan fingerprint density at radius 2 is 1.69 bits per heavy atom. The van der Waals surface area contributed by atoms with Gasteiger partial charge in [-0.05, 0) is 17.0 Å². The summed E-state index contributed by atoms with van der Waals surface area (Å²) in [5.74, 6) is 1.03. The van der Waals surface area contributed by atoms with Gasteiger partial charge in [0.25, 0.3) is 0 Å². The SMILES string of the molecule is Oc1ccc(CS)c2ccccc12. The molecule has 2 aromatic rings. The van der Waals surface area contributed by atoms with Gasteiger partial charge in [-0.3, -0.25) is 0 Å². The third kappa shape index (κ3) is 1.38. The quantitative estimate of drug-likeness (QED) is 0.662. The van der Waals surface area contributed by atoms with Crippen molar-refractivity contribution < 1.29 is 5.11 Å².